The van der Waals surface area contributed by atoms with Crippen molar-refractivity contribution in [2.75, 3.05) is 0 Å². The Balaban J connectivity index is 0.000000307. The zero-order valence-corrected chi connectivity index (χ0v) is 13.2. The molecule has 0 spiro atoms. The minimum Gasteiger partial charge on any atom is -0.741 e. The molecule has 0 atom stereocenters. The quantitative estimate of drug-likeness (QED) is 0.263. The summed E-state index contributed by atoms with van der Waals surface area (Å²) in [5.74, 6) is 0.106. The first-order chi connectivity index (χ1) is 10.8. The molecule has 1 heterocycles. The molecule has 2 rings (SSSR count). The molecule has 0 N–H and O–H groups in total. The SMILES string of the molecule is Cn1cc[n+](C)c1C(=O)c1ccc(F)cc1.O=S(=O)([O-])C(F)(F)F. The fraction of sp³-hybridized carbons (Fsp3) is 0.231. The minimum absolute atomic E-state index is 0.116. The Morgan fingerprint density at radius 2 is 1.67 bits per heavy atom. The molecule has 1 aromatic heterocycles. The second-order valence-electron chi connectivity index (χ2n) is 4.58. The van der Waals surface area contributed by atoms with E-state index in [1.807, 2.05) is 0 Å². The molecule has 0 radical (unpaired) electrons. The summed E-state index contributed by atoms with van der Waals surface area (Å²) in [6, 6.07) is 5.56. The summed E-state index contributed by atoms with van der Waals surface area (Å²) >= 11 is 0. The largest absolute Gasteiger partial charge is 0.741 e. The van der Waals surface area contributed by atoms with Gasteiger partial charge in [0.05, 0.1) is 14.1 Å². The molecule has 0 aliphatic rings. The van der Waals surface area contributed by atoms with Crippen LogP contribution in [0.25, 0.3) is 0 Å². The van der Waals surface area contributed by atoms with Crippen molar-refractivity contribution < 1.29 is 39.9 Å². The number of alkyl halides is 3. The lowest BCUT2D eigenvalue weighted by molar-refractivity contribution is -0.672. The number of benzene rings is 1. The predicted molar refractivity (Wildman–Crippen MR) is 72.2 cm³/mol. The van der Waals surface area contributed by atoms with Gasteiger partial charge in [0.2, 0.25) is 0 Å². The van der Waals surface area contributed by atoms with Crippen LogP contribution in [0.3, 0.4) is 0 Å². The van der Waals surface area contributed by atoms with Crippen LogP contribution in [0.1, 0.15) is 16.2 Å². The second kappa shape index (κ2) is 7.09. The van der Waals surface area contributed by atoms with E-state index in [1.165, 1.54) is 24.3 Å². The van der Waals surface area contributed by atoms with Crippen molar-refractivity contribution in [3.63, 3.8) is 0 Å². The van der Waals surface area contributed by atoms with Gasteiger partial charge < -0.3 is 4.55 Å². The summed E-state index contributed by atoms with van der Waals surface area (Å²) in [6.07, 6.45) is 3.60. The summed E-state index contributed by atoms with van der Waals surface area (Å²) in [6.45, 7) is 0. The molecule has 1 aromatic carbocycles. The van der Waals surface area contributed by atoms with Gasteiger partial charge in [0.25, 0.3) is 5.78 Å². The third-order valence-electron chi connectivity index (χ3n) is 2.78. The van der Waals surface area contributed by atoms with E-state index in [0.29, 0.717) is 11.4 Å². The normalized spacial score (nSPS) is 11.6. The van der Waals surface area contributed by atoms with E-state index in [0.717, 1.165) is 0 Å². The fourth-order valence-electron chi connectivity index (χ4n) is 1.64. The number of carbonyl (C=O) groups excluding carboxylic acids is 1. The molecule has 0 unspecified atom stereocenters. The van der Waals surface area contributed by atoms with Crippen molar-refractivity contribution in [2.24, 2.45) is 14.1 Å². The number of hydrogen-bond donors (Lipinski definition) is 0. The molecule has 0 saturated heterocycles. The number of nitrogens with zero attached hydrogens (tertiary/aromatic N) is 2. The number of imidazole rings is 1. The van der Waals surface area contributed by atoms with Crippen molar-refractivity contribution >= 4 is 15.9 Å². The van der Waals surface area contributed by atoms with Crippen molar-refractivity contribution in [1.29, 1.82) is 0 Å². The van der Waals surface area contributed by atoms with Gasteiger partial charge in [0, 0.05) is 5.56 Å². The van der Waals surface area contributed by atoms with Crippen LogP contribution in [0, 0.1) is 5.82 Å². The highest BCUT2D eigenvalue weighted by Gasteiger charge is 2.36. The van der Waals surface area contributed by atoms with Gasteiger partial charge in [-0.3, -0.25) is 4.79 Å². The van der Waals surface area contributed by atoms with Crippen molar-refractivity contribution in [3.05, 3.63) is 53.9 Å². The van der Waals surface area contributed by atoms with E-state index in [1.54, 1.807) is 35.6 Å². The Bertz CT molecular complexity index is 807. The summed E-state index contributed by atoms with van der Waals surface area (Å²) in [5, 5.41) is 0. The van der Waals surface area contributed by atoms with E-state index in [-0.39, 0.29) is 11.6 Å². The fourth-order valence-corrected chi connectivity index (χ4v) is 1.64. The van der Waals surface area contributed by atoms with Crippen LogP contribution in [-0.2, 0) is 24.2 Å². The molecule has 24 heavy (non-hydrogen) atoms. The Labute approximate surface area is 134 Å². The number of ketones is 1. The average molecular weight is 368 g/mol. The molecule has 11 heteroatoms. The van der Waals surface area contributed by atoms with Gasteiger partial charge in [-0.05, 0) is 24.3 Å². The zero-order valence-electron chi connectivity index (χ0n) is 12.4. The monoisotopic (exact) mass is 368 g/mol. The third kappa shape index (κ3) is 4.86. The first-order valence-electron chi connectivity index (χ1n) is 6.18. The topological polar surface area (TPSA) is 83.1 Å². The van der Waals surface area contributed by atoms with Gasteiger partial charge in [0.15, 0.2) is 10.1 Å². The van der Waals surface area contributed by atoms with Crippen LogP contribution >= 0.6 is 0 Å². The Hall–Kier alpha value is -2.27. The van der Waals surface area contributed by atoms with E-state index >= 15 is 0 Å². The van der Waals surface area contributed by atoms with Gasteiger partial charge in [-0.2, -0.15) is 13.2 Å². The van der Waals surface area contributed by atoms with E-state index in [9.17, 15) is 22.4 Å². The number of hydrogen-bond acceptors (Lipinski definition) is 4. The second-order valence-corrected chi connectivity index (χ2v) is 5.95. The van der Waals surface area contributed by atoms with Gasteiger partial charge in [-0.1, -0.05) is 0 Å². The number of rotatable bonds is 2. The maximum absolute atomic E-state index is 12.7. The Kier molecular flexibility index (Phi) is 5.84. The highest BCUT2D eigenvalue weighted by atomic mass is 32.2. The highest BCUT2D eigenvalue weighted by Crippen LogP contribution is 2.20. The van der Waals surface area contributed by atoms with Crippen LogP contribution in [0.15, 0.2) is 36.7 Å². The van der Waals surface area contributed by atoms with Gasteiger partial charge >= 0.3 is 11.3 Å². The number of carbonyl (C=O) groups is 1. The lowest BCUT2D eigenvalue weighted by Gasteiger charge is -2.08. The number of aryl methyl sites for hydroxylation is 2. The third-order valence-corrected chi connectivity index (χ3v) is 3.34. The molecule has 0 aliphatic carbocycles. The van der Waals surface area contributed by atoms with Gasteiger partial charge in [-0.15, -0.1) is 0 Å². The van der Waals surface area contributed by atoms with Crippen LogP contribution in [-0.4, -0.2) is 28.8 Å². The maximum Gasteiger partial charge on any atom is 0.485 e. The van der Waals surface area contributed by atoms with E-state index in [4.69, 9.17) is 13.0 Å². The summed E-state index contributed by atoms with van der Waals surface area (Å²) in [5.41, 5.74) is -5.16. The Morgan fingerprint density at radius 1 is 1.21 bits per heavy atom. The lowest BCUT2D eigenvalue weighted by Crippen LogP contribution is -2.35. The van der Waals surface area contributed by atoms with Crippen LogP contribution in [0.4, 0.5) is 17.6 Å². The molecule has 0 amide bonds. The van der Waals surface area contributed by atoms with Crippen LogP contribution in [0.5, 0.6) is 0 Å². The van der Waals surface area contributed by atoms with Crippen molar-refractivity contribution in [2.45, 2.75) is 5.51 Å². The predicted octanol–water partition coefficient (Wildman–Crippen LogP) is 1.27. The maximum atomic E-state index is 12.7. The summed E-state index contributed by atoms with van der Waals surface area (Å²) in [7, 11) is -2.49. The summed E-state index contributed by atoms with van der Waals surface area (Å²) in [4.78, 5) is 12.1. The molecular weight excluding hydrogens is 356 g/mol. The molecule has 0 saturated carbocycles. The molecule has 0 fully saturated rings. The average Bonchev–Trinajstić information content (AvgIpc) is 2.77. The summed E-state index contributed by atoms with van der Waals surface area (Å²) < 4.78 is 75.1. The molecule has 6 nitrogen and oxygen atoms in total. The smallest absolute Gasteiger partial charge is 0.485 e. The van der Waals surface area contributed by atoms with E-state index < -0.39 is 15.6 Å². The van der Waals surface area contributed by atoms with Gasteiger partial charge in [0.1, 0.15) is 18.2 Å². The molecule has 0 bridgehead atoms. The first kappa shape index (κ1) is 19.8. The number of aromatic nitrogens is 2. The molecule has 2 aromatic rings. The van der Waals surface area contributed by atoms with Gasteiger partial charge in [-0.25, -0.2) is 21.9 Å². The molecule has 0 aliphatic heterocycles. The standard InChI is InChI=1S/C12H12FN2O.CHF3O3S/c1-14-7-8-15(2)12(14)11(16)9-3-5-10(13)6-4-9;2-1(3,4)8(5,6)7/h3-8H,1-2H3;(H,5,6,7)/q+1;/p-1. The van der Waals surface area contributed by atoms with Crippen molar-refractivity contribution in [3.8, 4) is 0 Å². The number of halogens is 4. The minimum atomic E-state index is -6.09. The van der Waals surface area contributed by atoms with Crippen LogP contribution < -0.4 is 4.57 Å². The highest BCUT2D eigenvalue weighted by molar-refractivity contribution is 7.86. The van der Waals surface area contributed by atoms with Crippen LogP contribution in [0.2, 0.25) is 0 Å². The molecular formula is C13H12F4N2O4S. The lowest BCUT2D eigenvalue weighted by atomic mass is 10.1. The van der Waals surface area contributed by atoms with Crippen molar-refractivity contribution in [1.82, 2.24) is 4.57 Å². The first-order valence-corrected chi connectivity index (χ1v) is 7.59. The van der Waals surface area contributed by atoms with E-state index in [2.05, 4.69) is 0 Å². The molecule has 132 valence electrons. The Morgan fingerprint density at radius 3 is 2.00 bits per heavy atom. The zero-order chi connectivity index (χ0) is 18.7.